The van der Waals surface area contributed by atoms with Crippen LogP contribution < -0.4 is 10.2 Å². The van der Waals surface area contributed by atoms with Gasteiger partial charge in [-0.15, -0.1) is 0 Å². The average molecular weight is 273 g/mol. The van der Waals surface area contributed by atoms with Crippen LogP contribution in [-0.4, -0.2) is 34.1 Å². The molecule has 0 radical (unpaired) electrons. The predicted octanol–water partition coefficient (Wildman–Crippen LogP) is 0.995. The SMILES string of the molecule is O=C(NCc1ccnc(N2CCCC2)n1)c1ccno1. The van der Waals surface area contributed by atoms with E-state index in [1.54, 1.807) is 12.3 Å². The summed E-state index contributed by atoms with van der Waals surface area (Å²) in [5.74, 6) is 0.622. The number of amides is 1. The maximum atomic E-state index is 11.7. The number of hydrogen-bond acceptors (Lipinski definition) is 6. The molecule has 0 spiro atoms. The summed E-state index contributed by atoms with van der Waals surface area (Å²) in [6.07, 6.45) is 5.51. The van der Waals surface area contributed by atoms with E-state index in [0.29, 0.717) is 6.54 Å². The lowest BCUT2D eigenvalue weighted by atomic mass is 10.3. The van der Waals surface area contributed by atoms with E-state index in [2.05, 4.69) is 25.3 Å². The lowest BCUT2D eigenvalue weighted by molar-refractivity contribution is 0.0913. The Balaban J connectivity index is 1.62. The van der Waals surface area contributed by atoms with Crippen molar-refractivity contribution in [2.75, 3.05) is 18.0 Å². The highest BCUT2D eigenvalue weighted by molar-refractivity contribution is 5.91. The summed E-state index contributed by atoms with van der Waals surface area (Å²) in [6, 6.07) is 3.31. The van der Waals surface area contributed by atoms with E-state index in [4.69, 9.17) is 4.52 Å². The van der Waals surface area contributed by atoms with Crippen LogP contribution in [0.4, 0.5) is 5.95 Å². The van der Waals surface area contributed by atoms with E-state index in [9.17, 15) is 4.79 Å². The van der Waals surface area contributed by atoms with Gasteiger partial charge >= 0.3 is 0 Å². The molecule has 0 unspecified atom stereocenters. The first-order chi connectivity index (χ1) is 9.83. The minimum atomic E-state index is -0.302. The first-order valence-corrected chi connectivity index (χ1v) is 6.59. The van der Waals surface area contributed by atoms with E-state index in [0.717, 1.165) is 24.7 Å². The Morgan fingerprint density at radius 3 is 2.90 bits per heavy atom. The molecule has 0 bridgehead atoms. The maximum absolute atomic E-state index is 11.7. The monoisotopic (exact) mass is 273 g/mol. The fourth-order valence-electron chi connectivity index (χ4n) is 2.14. The number of aromatic nitrogens is 3. The minimum Gasteiger partial charge on any atom is -0.351 e. The second kappa shape index (κ2) is 5.68. The van der Waals surface area contributed by atoms with Crippen LogP contribution in [0.15, 0.2) is 29.0 Å². The third kappa shape index (κ3) is 2.76. The molecular formula is C13H15N5O2. The molecule has 20 heavy (non-hydrogen) atoms. The molecule has 0 atom stereocenters. The van der Waals surface area contributed by atoms with Gasteiger partial charge in [0, 0.05) is 25.4 Å². The zero-order valence-corrected chi connectivity index (χ0v) is 11.0. The van der Waals surface area contributed by atoms with Crippen LogP contribution in [-0.2, 0) is 6.54 Å². The van der Waals surface area contributed by atoms with Crippen LogP contribution in [0.3, 0.4) is 0 Å². The number of carbonyl (C=O) groups excluding carboxylic acids is 1. The van der Waals surface area contributed by atoms with Gasteiger partial charge in [0.15, 0.2) is 0 Å². The van der Waals surface area contributed by atoms with Crippen molar-refractivity contribution in [3.8, 4) is 0 Å². The molecule has 2 aromatic heterocycles. The highest BCUT2D eigenvalue weighted by Crippen LogP contribution is 2.15. The number of carbonyl (C=O) groups is 1. The average Bonchev–Trinajstić information content (AvgIpc) is 3.17. The third-order valence-corrected chi connectivity index (χ3v) is 3.18. The quantitative estimate of drug-likeness (QED) is 0.894. The number of anilines is 1. The highest BCUT2D eigenvalue weighted by atomic mass is 16.5. The van der Waals surface area contributed by atoms with Gasteiger partial charge in [-0.1, -0.05) is 5.16 Å². The zero-order valence-electron chi connectivity index (χ0n) is 11.0. The first-order valence-electron chi connectivity index (χ1n) is 6.59. The Hall–Kier alpha value is -2.44. The number of hydrogen-bond donors (Lipinski definition) is 1. The maximum Gasteiger partial charge on any atom is 0.290 e. The minimum absolute atomic E-state index is 0.193. The standard InChI is InChI=1S/C13H15N5O2/c19-12(11-4-6-16-20-11)15-9-10-3-5-14-13(17-10)18-7-1-2-8-18/h3-6H,1-2,7-9H2,(H,15,19). The normalized spacial score (nSPS) is 14.5. The summed E-state index contributed by atoms with van der Waals surface area (Å²) in [5, 5.41) is 6.23. The lowest BCUT2D eigenvalue weighted by Gasteiger charge is -2.15. The van der Waals surface area contributed by atoms with Crippen LogP contribution in [0.25, 0.3) is 0 Å². The summed E-state index contributed by atoms with van der Waals surface area (Å²) < 4.78 is 4.79. The topological polar surface area (TPSA) is 84.2 Å². The molecule has 1 amide bonds. The Kier molecular flexibility index (Phi) is 3.58. The number of nitrogens with one attached hydrogen (secondary N) is 1. The van der Waals surface area contributed by atoms with E-state index < -0.39 is 0 Å². The molecule has 0 saturated carbocycles. The molecule has 1 saturated heterocycles. The molecule has 1 aliphatic heterocycles. The molecule has 0 aromatic carbocycles. The largest absolute Gasteiger partial charge is 0.351 e. The summed E-state index contributed by atoms with van der Waals surface area (Å²) in [7, 11) is 0. The molecule has 1 N–H and O–H groups in total. The van der Waals surface area contributed by atoms with Gasteiger partial charge in [-0.2, -0.15) is 0 Å². The van der Waals surface area contributed by atoms with E-state index in [1.165, 1.54) is 25.1 Å². The Labute approximate surface area is 116 Å². The van der Waals surface area contributed by atoms with Crippen molar-refractivity contribution in [2.45, 2.75) is 19.4 Å². The number of nitrogens with zero attached hydrogens (tertiary/aromatic N) is 4. The van der Waals surface area contributed by atoms with Gasteiger partial charge in [0.1, 0.15) is 0 Å². The van der Waals surface area contributed by atoms with Gasteiger partial charge in [-0.05, 0) is 18.9 Å². The number of rotatable bonds is 4. The highest BCUT2D eigenvalue weighted by Gasteiger charge is 2.15. The first kappa shape index (κ1) is 12.6. The Morgan fingerprint density at radius 1 is 1.30 bits per heavy atom. The van der Waals surface area contributed by atoms with Gasteiger partial charge < -0.3 is 14.7 Å². The van der Waals surface area contributed by atoms with E-state index in [-0.39, 0.29) is 11.7 Å². The molecule has 1 aliphatic rings. The smallest absolute Gasteiger partial charge is 0.290 e. The van der Waals surface area contributed by atoms with Gasteiger partial charge in [0.2, 0.25) is 11.7 Å². The molecule has 2 aromatic rings. The van der Waals surface area contributed by atoms with Crippen LogP contribution in [0.1, 0.15) is 29.1 Å². The van der Waals surface area contributed by atoms with E-state index >= 15 is 0 Å². The van der Waals surface area contributed by atoms with Crippen molar-refractivity contribution >= 4 is 11.9 Å². The molecule has 7 nitrogen and oxygen atoms in total. The van der Waals surface area contributed by atoms with Crippen molar-refractivity contribution < 1.29 is 9.32 Å². The van der Waals surface area contributed by atoms with Crippen molar-refractivity contribution in [2.24, 2.45) is 0 Å². The second-order valence-electron chi connectivity index (χ2n) is 4.60. The second-order valence-corrected chi connectivity index (χ2v) is 4.60. The lowest BCUT2D eigenvalue weighted by Crippen LogP contribution is -2.24. The Bertz CT molecular complexity index is 578. The van der Waals surface area contributed by atoms with E-state index in [1.807, 2.05) is 0 Å². The molecule has 0 aliphatic carbocycles. The van der Waals surface area contributed by atoms with Crippen molar-refractivity contribution in [1.29, 1.82) is 0 Å². The summed E-state index contributed by atoms with van der Waals surface area (Å²) in [4.78, 5) is 22.6. The van der Waals surface area contributed by atoms with Crippen LogP contribution in [0.2, 0.25) is 0 Å². The van der Waals surface area contributed by atoms with Gasteiger partial charge in [0.05, 0.1) is 18.4 Å². The summed E-state index contributed by atoms with van der Waals surface area (Å²) in [5.41, 5.74) is 0.773. The fraction of sp³-hybridized carbons (Fsp3) is 0.385. The fourth-order valence-corrected chi connectivity index (χ4v) is 2.14. The van der Waals surface area contributed by atoms with Gasteiger partial charge in [-0.25, -0.2) is 9.97 Å². The third-order valence-electron chi connectivity index (χ3n) is 3.18. The molecule has 7 heteroatoms. The summed E-state index contributed by atoms with van der Waals surface area (Å²) in [6.45, 7) is 2.32. The van der Waals surface area contributed by atoms with Crippen LogP contribution in [0.5, 0.6) is 0 Å². The zero-order chi connectivity index (χ0) is 13.8. The van der Waals surface area contributed by atoms with Crippen LogP contribution in [0, 0.1) is 0 Å². The van der Waals surface area contributed by atoms with Crippen molar-refractivity contribution in [3.05, 3.63) is 36.0 Å². The predicted molar refractivity (Wildman–Crippen MR) is 71.2 cm³/mol. The van der Waals surface area contributed by atoms with Crippen molar-refractivity contribution in [3.63, 3.8) is 0 Å². The molecule has 1 fully saturated rings. The van der Waals surface area contributed by atoms with Crippen LogP contribution >= 0.6 is 0 Å². The van der Waals surface area contributed by atoms with Gasteiger partial charge in [-0.3, -0.25) is 4.79 Å². The molecule has 3 rings (SSSR count). The molecule has 104 valence electrons. The van der Waals surface area contributed by atoms with Crippen molar-refractivity contribution in [1.82, 2.24) is 20.4 Å². The Morgan fingerprint density at radius 2 is 2.15 bits per heavy atom. The summed E-state index contributed by atoms with van der Waals surface area (Å²) >= 11 is 0. The van der Waals surface area contributed by atoms with Gasteiger partial charge in [0.25, 0.3) is 5.91 Å². The molecular weight excluding hydrogens is 258 g/mol. The molecule has 3 heterocycles.